The zero-order chi connectivity index (χ0) is 15.9. The summed E-state index contributed by atoms with van der Waals surface area (Å²) in [7, 11) is 0. The number of amides is 2. The molecule has 0 bridgehead atoms. The van der Waals surface area contributed by atoms with Gasteiger partial charge in [-0.05, 0) is 42.0 Å². The molecule has 0 aliphatic heterocycles. The monoisotopic (exact) mass is 303 g/mol. The van der Waals surface area contributed by atoms with E-state index in [0.29, 0.717) is 5.56 Å². The van der Waals surface area contributed by atoms with Crippen molar-refractivity contribution < 1.29 is 18.4 Å². The smallest absolute Gasteiger partial charge is 0.318 e. The lowest BCUT2D eigenvalue weighted by molar-refractivity contribution is -0.136. The molecule has 0 radical (unpaired) electrons. The predicted octanol–water partition coefficient (Wildman–Crippen LogP) is 2.05. The van der Waals surface area contributed by atoms with Gasteiger partial charge in [-0.3, -0.25) is 9.59 Å². The minimum absolute atomic E-state index is 0.274. The van der Waals surface area contributed by atoms with Crippen molar-refractivity contribution in [1.82, 2.24) is 5.43 Å². The second-order valence-electron chi connectivity index (χ2n) is 4.22. The van der Waals surface area contributed by atoms with Crippen LogP contribution in [0.5, 0.6) is 0 Å². The van der Waals surface area contributed by atoms with Crippen molar-refractivity contribution in [2.75, 3.05) is 5.32 Å². The fourth-order valence-electron chi connectivity index (χ4n) is 1.52. The minimum atomic E-state index is -1.00. The van der Waals surface area contributed by atoms with Crippen LogP contribution < -0.4 is 10.7 Å². The molecule has 7 heteroatoms. The molecule has 2 aromatic rings. The number of nitrogens with one attached hydrogen (secondary N) is 2. The van der Waals surface area contributed by atoms with E-state index in [9.17, 15) is 18.4 Å². The first-order chi connectivity index (χ1) is 10.5. The van der Waals surface area contributed by atoms with E-state index in [2.05, 4.69) is 10.4 Å². The lowest BCUT2D eigenvalue weighted by Crippen LogP contribution is -2.32. The summed E-state index contributed by atoms with van der Waals surface area (Å²) in [4.78, 5) is 23.0. The summed E-state index contributed by atoms with van der Waals surface area (Å²) in [6.45, 7) is 0. The Morgan fingerprint density at radius 2 is 1.68 bits per heavy atom. The van der Waals surface area contributed by atoms with Crippen LogP contribution in [0.1, 0.15) is 5.56 Å². The van der Waals surface area contributed by atoms with E-state index in [1.54, 1.807) is 6.07 Å². The van der Waals surface area contributed by atoms with Crippen molar-refractivity contribution in [2.24, 2.45) is 5.10 Å². The topological polar surface area (TPSA) is 70.6 Å². The van der Waals surface area contributed by atoms with E-state index in [-0.39, 0.29) is 5.69 Å². The Morgan fingerprint density at radius 3 is 2.36 bits per heavy atom. The van der Waals surface area contributed by atoms with Gasteiger partial charge >= 0.3 is 11.8 Å². The number of carbonyl (C=O) groups excluding carboxylic acids is 2. The van der Waals surface area contributed by atoms with E-state index in [1.807, 2.05) is 5.43 Å². The first-order valence-corrected chi connectivity index (χ1v) is 6.20. The summed E-state index contributed by atoms with van der Waals surface area (Å²) in [6.07, 6.45) is 1.20. The summed E-state index contributed by atoms with van der Waals surface area (Å²) in [5.74, 6) is -2.86. The molecule has 0 fully saturated rings. The SMILES string of the molecule is O=C(N/N=C/c1cccc(F)c1)C(=O)Nc1ccc(F)cc1. The van der Waals surface area contributed by atoms with Crippen LogP contribution in [0.15, 0.2) is 53.6 Å². The molecule has 5 nitrogen and oxygen atoms in total. The average molecular weight is 303 g/mol. The van der Waals surface area contributed by atoms with Gasteiger partial charge in [-0.1, -0.05) is 12.1 Å². The molecule has 22 heavy (non-hydrogen) atoms. The van der Waals surface area contributed by atoms with Crippen LogP contribution in [-0.2, 0) is 9.59 Å². The molecule has 2 aromatic carbocycles. The van der Waals surface area contributed by atoms with Crippen LogP contribution in [0.3, 0.4) is 0 Å². The largest absolute Gasteiger partial charge is 0.329 e. The number of carbonyl (C=O) groups is 2. The van der Waals surface area contributed by atoms with Crippen LogP contribution in [0.4, 0.5) is 14.5 Å². The fraction of sp³-hybridized carbons (Fsp3) is 0. The highest BCUT2D eigenvalue weighted by Gasteiger charge is 2.12. The molecule has 0 aliphatic carbocycles. The Hall–Kier alpha value is -3.09. The molecule has 2 rings (SSSR count). The first kappa shape index (κ1) is 15.3. The summed E-state index contributed by atoms with van der Waals surface area (Å²) < 4.78 is 25.6. The molecule has 0 spiro atoms. The number of anilines is 1. The Morgan fingerprint density at radius 1 is 0.955 bits per heavy atom. The van der Waals surface area contributed by atoms with Gasteiger partial charge in [0.15, 0.2) is 0 Å². The van der Waals surface area contributed by atoms with Crippen molar-refractivity contribution in [3.63, 3.8) is 0 Å². The lowest BCUT2D eigenvalue weighted by atomic mass is 10.2. The molecule has 0 heterocycles. The van der Waals surface area contributed by atoms with Crippen molar-refractivity contribution in [2.45, 2.75) is 0 Å². The van der Waals surface area contributed by atoms with Crippen molar-refractivity contribution >= 4 is 23.7 Å². The minimum Gasteiger partial charge on any atom is -0.318 e. The molecule has 0 atom stereocenters. The maximum absolute atomic E-state index is 12.9. The maximum atomic E-state index is 12.9. The number of halogens is 2. The Kier molecular flexibility index (Phi) is 4.92. The van der Waals surface area contributed by atoms with E-state index in [4.69, 9.17) is 0 Å². The predicted molar refractivity (Wildman–Crippen MR) is 77.2 cm³/mol. The molecule has 0 saturated carbocycles. The summed E-state index contributed by atoms with van der Waals surface area (Å²) in [6, 6.07) is 10.5. The summed E-state index contributed by atoms with van der Waals surface area (Å²) >= 11 is 0. The number of benzene rings is 2. The third-order valence-corrected chi connectivity index (χ3v) is 2.54. The molecule has 0 aliphatic rings. The highest BCUT2D eigenvalue weighted by Crippen LogP contribution is 2.07. The van der Waals surface area contributed by atoms with Crippen molar-refractivity contribution in [1.29, 1.82) is 0 Å². The van der Waals surface area contributed by atoms with Gasteiger partial charge in [0.05, 0.1) is 6.21 Å². The Balaban J connectivity index is 1.89. The average Bonchev–Trinajstić information content (AvgIpc) is 2.49. The van der Waals surface area contributed by atoms with Gasteiger partial charge in [-0.2, -0.15) is 5.10 Å². The van der Waals surface area contributed by atoms with Gasteiger partial charge in [0.25, 0.3) is 0 Å². The molecule has 0 saturated heterocycles. The zero-order valence-corrected chi connectivity index (χ0v) is 11.2. The van der Waals surface area contributed by atoms with E-state index < -0.39 is 23.4 Å². The number of hydrogen-bond acceptors (Lipinski definition) is 3. The molecule has 0 aromatic heterocycles. The van der Waals surface area contributed by atoms with E-state index in [0.717, 1.165) is 12.1 Å². The van der Waals surface area contributed by atoms with Crippen molar-refractivity contribution in [3.8, 4) is 0 Å². The molecule has 2 N–H and O–H groups in total. The molecule has 2 amide bonds. The van der Waals surface area contributed by atoms with Crippen LogP contribution in [0.25, 0.3) is 0 Å². The fourth-order valence-corrected chi connectivity index (χ4v) is 1.52. The normalized spacial score (nSPS) is 10.5. The lowest BCUT2D eigenvalue weighted by Gasteiger charge is -2.03. The maximum Gasteiger partial charge on any atom is 0.329 e. The van der Waals surface area contributed by atoms with Crippen LogP contribution in [0.2, 0.25) is 0 Å². The van der Waals surface area contributed by atoms with Gasteiger partial charge in [0, 0.05) is 5.69 Å². The third kappa shape index (κ3) is 4.48. The standard InChI is InChI=1S/C15H11F2N3O2/c16-11-4-6-13(7-5-11)19-14(21)15(22)20-18-9-10-2-1-3-12(17)8-10/h1-9H,(H,19,21)(H,20,22)/b18-9+. The highest BCUT2D eigenvalue weighted by atomic mass is 19.1. The second kappa shape index (κ2) is 7.07. The van der Waals surface area contributed by atoms with Crippen molar-refractivity contribution in [3.05, 3.63) is 65.7 Å². The van der Waals surface area contributed by atoms with E-state index in [1.165, 1.54) is 36.5 Å². The van der Waals surface area contributed by atoms with Crippen LogP contribution >= 0.6 is 0 Å². The van der Waals surface area contributed by atoms with Gasteiger partial charge in [-0.15, -0.1) is 0 Å². The Bertz CT molecular complexity index is 715. The number of nitrogens with zero attached hydrogens (tertiary/aromatic N) is 1. The molecular formula is C15H11F2N3O2. The summed E-state index contributed by atoms with van der Waals surface area (Å²) in [5.41, 5.74) is 2.71. The zero-order valence-electron chi connectivity index (χ0n) is 11.2. The van der Waals surface area contributed by atoms with Gasteiger partial charge in [0.2, 0.25) is 0 Å². The quantitative estimate of drug-likeness (QED) is 0.517. The molecular weight excluding hydrogens is 292 g/mol. The van der Waals surface area contributed by atoms with E-state index >= 15 is 0 Å². The first-order valence-electron chi connectivity index (χ1n) is 6.20. The second-order valence-corrected chi connectivity index (χ2v) is 4.22. The molecule has 112 valence electrons. The van der Waals surface area contributed by atoms with Gasteiger partial charge < -0.3 is 5.32 Å². The number of hydrogen-bond donors (Lipinski definition) is 2. The van der Waals surface area contributed by atoms with Crippen LogP contribution in [0, 0.1) is 11.6 Å². The van der Waals surface area contributed by atoms with Gasteiger partial charge in [-0.25, -0.2) is 14.2 Å². The summed E-state index contributed by atoms with van der Waals surface area (Å²) in [5, 5.41) is 5.82. The van der Waals surface area contributed by atoms with Crippen LogP contribution in [-0.4, -0.2) is 18.0 Å². The van der Waals surface area contributed by atoms with Gasteiger partial charge in [0.1, 0.15) is 11.6 Å². The molecule has 0 unspecified atom stereocenters. The Labute approximate surface area is 124 Å². The number of hydrazone groups is 1. The third-order valence-electron chi connectivity index (χ3n) is 2.54. The number of rotatable bonds is 3. The highest BCUT2D eigenvalue weighted by molar-refractivity contribution is 6.39.